The largest absolute Gasteiger partial charge is 0.452 e. The van der Waals surface area contributed by atoms with Crippen molar-refractivity contribution in [2.75, 3.05) is 24.6 Å². The standard InChI is InChI=1S/C22H26N2O5S/c1-4-23(5-2)30(27,28)19-12-10-17(11-13-19)22(26)29-15-21(25)24-16(3)14-18-8-6-7-9-20(18)24/h6-13,16H,4-5,14-15H2,1-3H3/t16-/m1/s1. The number of anilines is 1. The van der Waals surface area contributed by atoms with Gasteiger partial charge in [-0.05, 0) is 49.2 Å². The van der Waals surface area contributed by atoms with Gasteiger partial charge in [-0.15, -0.1) is 0 Å². The summed E-state index contributed by atoms with van der Waals surface area (Å²) in [5.41, 5.74) is 2.13. The lowest BCUT2D eigenvalue weighted by Crippen LogP contribution is -2.38. The minimum atomic E-state index is -3.59. The second-order valence-corrected chi connectivity index (χ2v) is 9.07. The molecule has 0 radical (unpaired) electrons. The third kappa shape index (κ3) is 4.24. The summed E-state index contributed by atoms with van der Waals surface area (Å²) < 4.78 is 31.6. The van der Waals surface area contributed by atoms with Crippen molar-refractivity contribution in [3.05, 3.63) is 59.7 Å². The average molecular weight is 431 g/mol. The molecule has 0 aromatic heterocycles. The van der Waals surface area contributed by atoms with E-state index in [-0.39, 0.29) is 29.0 Å². The molecule has 0 unspecified atom stereocenters. The highest BCUT2D eigenvalue weighted by atomic mass is 32.2. The average Bonchev–Trinajstić information content (AvgIpc) is 3.08. The van der Waals surface area contributed by atoms with Crippen LogP contribution >= 0.6 is 0 Å². The smallest absolute Gasteiger partial charge is 0.338 e. The van der Waals surface area contributed by atoms with Gasteiger partial charge in [0.1, 0.15) is 0 Å². The van der Waals surface area contributed by atoms with Crippen molar-refractivity contribution < 1.29 is 22.7 Å². The quantitative estimate of drug-likeness (QED) is 0.631. The van der Waals surface area contributed by atoms with Gasteiger partial charge < -0.3 is 9.64 Å². The number of carbonyl (C=O) groups excluding carboxylic acids is 2. The molecule has 3 rings (SSSR count). The summed E-state index contributed by atoms with van der Waals surface area (Å²) in [6.45, 7) is 5.84. The molecule has 0 spiro atoms. The van der Waals surface area contributed by atoms with Gasteiger partial charge in [-0.3, -0.25) is 4.79 Å². The summed E-state index contributed by atoms with van der Waals surface area (Å²) in [7, 11) is -3.59. The van der Waals surface area contributed by atoms with Crippen molar-refractivity contribution in [1.29, 1.82) is 0 Å². The highest BCUT2D eigenvalue weighted by molar-refractivity contribution is 7.89. The van der Waals surface area contributed by atoms with Gasteiger partial charge in [-0.2, -0.15) is 4.31 Å². The Balaban J connectivity index is 1.65. The SMILES string of the molecule is CCN(CC)S(=O)(=O)c1ccc(C(=O)OCC(=O)N2c3ccccc3C[C@H]2C)cc1. The molecule has 1 atom stereocenters. The van der Waals surface area contributed by atoms with E-state index >= 15 is 0 Å². The van der Waals surface area contributed by atoms with E-state index in [1.54, 1.807) is 18.7 Å². The van der Waals surface area contributed by atoms with E-state index in [4.69, 9.17) is 4.74 Å². The molecule has 1 heterocycles. The van der Waals surface area contributed by atoms with E-state index in [0.29, 0.717) is 13.1 Å². The second-order valence-electron chi connectivity index (χ2n) is 7.14. The normalized spacial score (nSPS) is 15.9. The Morgan fingerprint density at radius 2 is 1.70 bits per heavy atom. The number of rotatable bonds is 7. The first-order valence-corrected chi connectivity index (χ1v) is 11.4. The number of fused-ring (bicyclic) bond motifs is 1. The molecular formula is C22H26N2O5S. The zero-order chi connectivity index (χ0) is 21.9. The topological polar surface area (TPSA) is 84.0 Å². The van der Waals surface area contributed by atoms with Gasteiger partial charge in [0, 0.05) is 24.8 Å². The molecule has 1 amide bonds. The highest BCUT2D eigenvalue weighted by Gasteiger charge is 2.31. The van der Waals surface area contributed by atoms with Crippen molar-refractivity contribution >= 4 is 27.6 Å². The molecule has 0 aliphatic carbocycles. The summed E-state index contributed by atoms with van der Waals surface area (Å²) >= 11 is 0. The van der Waals surface area contributed by atoms with Crippen molar-refractivity contribution in [1.82, 2.24) is 4.31 Å². The van der Waals surface area contributed by atoms with Gasteiger partial charge in [0.25, 0.3) is 5.91 Å². The molecular weight excluding hydrogens is 404 g/mol. The van der Waals surface area contributed by atoms with E-state index in [1.165, 1.54) is 28.6 Å². The summed E-state index contributed by atoms with van der Waals surface area (Å²) in [6.07, 6.45) is 0.762. The molecule has 2 aromatic rings. The maximum atomic E-state index is 12.6. The molecule has 7 nitrogen and oxygen atoms in total. The van der Waals surface area contributed by atoms with Crippen LogP contribution in [0.2, 0.25) is 0 Å². The number of hydrogen-bond acceptors (Lipinski definition) is 5. The van der Waals surface area contributed by atoms with Crippen LogP contribution in [0.25, 0.3) is 0 Å². The Morgan fingerprint density at radius 3 is 2.33 bits per heavy atom. The fraction of sp³-hybridized carbons (Fsp3) is 0.364. The molecule has 1 aliphatic rings. The molecule has 0 saturated heterocycles. The Hall–Kier alpha value is -2.71. The van der Waals surface area contributed by atoms with Crippen molar-refractivity contribution in [3.8, 4) is 0 Å². The Morgan fingerprint density at radius 1 is 1.07 bits per heavy atom. The van der Waals surface area contributed by atoms with Crippen LogP contribution in [0.1, 0.15) is 36.7 Å². The van der Waals surface area contributed by atoms with E-state index in [0.717, 1.165) is 17.7 Å². The molecule has 0 N–H and O–H groups in total. The molecule has 8 heteroatoms. The number of carbonyl (C=O) groups is 2. The summed E-state index contributed by atoms with van der Waals surface area (Å²) in [4.78, 5) is 26.8. The minimum absolute atomic E-state index is 0.00170. The first-order chi connectivity index (χ1) is 14.3. The predicted molar refractivity (Wildman–Crippen MR) is 114 cm³/mol. The first kappa shape index (κ1) is 22.0. The number of sulfonamides is 1. The van der Waals surface area contributed by atoms with Gasteiger partial charge in [0.2, 0.25) is 10.0 Å². The number of nitrogens with zero attached hydrogens (tertiary/aromatic N) is 2. The van der Waals surface area contributed by atoms with Crippen molar-refractivity contribution in [3.63, 3.8) is 0 Å². The molecule has 0 bridgehead atoms. The van der Waals surface area contributed by atoms with Crippen LogP contribution < -0.4 is 4.90 Å². The van der Waals surface area contributed by atoms with Crippen LogP contribution in [0.15, 0.2) is 53.4 Å². The van der Waals surface area contributed by atoms with Gasteiger partial charge in [0.05, 0.1) is 10.5 Å². The molecule has 1 aliphatic heterocycles. The maximum Gasteiger partial charge on any atom is 0.338 e. The molecule has 30 heavy (non-hydrogen) atoms. The number of benzene rings is 2. The van der Waals surface area contributed by atoms with Gasteiger partial charge in [-0.1, -0.05) is 32.0 Å². The number of para-hydroxylation sites is 1. The van der Waals surface area contributed by atoms with Gasteiger partial charge in [0.15, 0.2) is 6.61 Å². The first-order valence-electron chi connectivity index (χ1n) is 9.96. The van der Waals surface area contributed by atoms with Crippen LogP contribution in [0.3, 0.4) is 0 Å². The third-order valence-electron chi connectivity index (χ3n) is 5.24. The van der Waals surface area contributed by atoms with E-state index in [9.17, 15) is 18.0 Å². The van der Waals surface area contributed by atoms with Gasteiger partial charge >= 0.3 is 5.97 Å². The third-order valence-corrected chi connectivity index (χ3v) is 7.30. The van der Waals surface area contributed by atoms with Crippen LogP contribution in [0.4, 0.5) is 5.69 Å². The molecule has 160 valence electrons. The zero-order valence-corrected chi connectivity index (χ0v) is 18.2. The van der Waals surface area contributed by atoms with Gasteiger partial charge in [-0.25, -0.2) is 13.2 Å². The van der Waals surface area contributed by atoms with E-state index in [2.05, 4.69) is 0 Å². The zero-order valence-electron chi connectivity index (χ0n) is 17.4. The molecule has 0 fully saturated rings. The summed E-state index contributed by atoms with van der Waals surface area (Å²) in [5.74, 6) is -0.961. The molecule has 2 aromatic carbocycles. The lowest BCUT2D eigenvalue weighted by atomic mass is 10.1. The number of hydrogen-bond donors (Lipinski definition) is 0. The van der Waals surface area contributed by atoms with E-state index < -0.39 is 16.0 Å². The summed E-state index contributed by atoms with van der Waals surface area (Å²) in [6, 6.07) is 13.2. The maximum absolute atomic E-state index is 12.6. The lowest BCUT2D eigenvalue weighted by Gasteiger charge is -2.22. The van der Waals surface area contributed by atoms with Crippen LogP contribution in [0, 0.1) is 0 Å². The predicted octanol–water partition coefficient (Wildman–Crippen LogP) is 2.85. The number of esters is 1. The molecule has 0 saturated carbocycles. The lowest BCUT2D eigenvalue weighted by molar-refractivity contribution is -0.122. The van der Waals surface area contributed by atoms with Crippen molar-refractivity contribution in [2.45, 2.75) is 38.1 Å². The minimum Gasteiger partial charge on any atom is -0.452 e. The van der Waals surface area contributed by atoms with Crippen LogP contribution in [-0.4, -0.2) is 50.3 Å². The van der Waals surface area contributed by atoms with Crippen LogP contribution in [0.5, 0.6) is 0 Å². The fourth-order valence-electron chi connectivity index (χ4n) is 3.70. The Labute approximate surface area is 177 Å². The Kier molecular flexibility index (Phi) is 6.58. The van der Waals surface area contributed by atoms with Crippen molar-refractivity contribution in [2.24, 2.45) is 0 Å². The number of ether oxygens (including phenoxy) is 1. The fourth-order valence-corrected chi connectivity index (χ4v) is 5.16. The summed E-state index contributed by atoms with van der Waals surface area (Å²) in [5, 5.41) is 0. The monoisotopic (exact) mass is 430 g/mol. The van der Waals surface area contributed by atoms with Crippen LogP contribution in [-0.2, 0) is 26.0 Å². The second kappa shape index (κ2) is 8.97. The highest BCUT2D eigenvalue weighted by Crippen LogP contribution is 2.31. The number of amides is 1. The van der Waals surface area contributed by atoms with E-state index in [1.807, 2.05) is 31.2 Å². The Bertz CT molecular complexity index is 1030.